The SMILES string of the molecule is O=C(c1cc(F)ccc1O)N1CCCN(CCCl)CC1. The average Bonchev–Trinajstić information content (AvgIpc) is 2.67. The number of halogens is 2. The lowest BCUT2D eigenvalue weighted by Gasteiger charge is -2.22. The fourth-order valence-electron chi connectivity index (χ4n) is 2.37. The van der Waals surface area contributed by atoms with Gasteiger partial charge in [-0.15, -0.1) is 11.6 Å². The van der Waals surface area contributed by atoms with Crippen molar-refractivity contribution in [1.29, 1.82) is 0 Å². The molecule has 0 saturated carbocycles. The normalized spacial score (nSPS) is 17.0. The van der Waals surface area contributed by atoms with Crippen molar-refractivity contribution in [1.82, 2.24) is 9.80 Å². The first-order valence-electron chi connectivity index (χ1n) is 6.68. The molecule has 1 aromatic carbocycles. The summed E-state index contributed by atoms with van der Waals surface area (Å²) in [4.78, 5) is 16.2. The van der Waals surface area contributed by atoms with Gasteiger partial charge in [0.25, 0.3) is 5.91 Å². The minimum absolute atomic E-state index is 0.0239. The summed E-state index contributed by atoms with van der Waals surface area (Å²) >= 11 is 5.72. The van der Waals surface area contributed by atoms with Gasteiger partial charge in [-0.1, -0.05) is 0 Å². The Balaban J connectivity index is 2.07. The molecule has 1 aromatic rings. The zero-order chi connectivity index (χ0) is 14.5. The Morgan fingerprint density at radius 2 is 2.10 bits per heavy atom. The maximum Gasteiger partial charge on any atom is 0.257 e. The van der Waals surface area contributed by atoms with Gasteiger partial charge in [0, 0.05) is 32.1 Å². The van der Waals surface area contributed by atoms with Crippen LogP contribution in [0.25, 0.3) is 0 Å². The Kier molecular flexibility index (Phi) is 5.20. The van der Waals surface area contributed by atoms with Crippen LogP contribution in [0.3, 0.4) is 0 Å². The number of rotatable bonds is 3. The van der Waals surface area contributed by atoms with Gasteiger partial charge in [-0.3, -0.25) is 4.79 Å². The molecule has 110 valence electrons. The lowest BCUT2D eigenvalue weighted by Crippen LogP contribution is -2.35. The van der Waals surface area contributed by atoms with Gasteiger partial charge in [-0.25, -0.2) is 4.39 Å². The number of nitrogens with zero attached hydrogens (tertiary/aromatic N) is 2. The summed E-state index contributed by atoms with van der Waals surface area (Å²) in [5.41, 5.74) is 0.0239. The minimum atomic E-state index is -0.523. The molecule has 0 radical (unpaired) electrons. The Bertz CT molecular complexity index is 484. The Labute approximate surface area is 122 Å². The highest BCUT2D eigenvalue weighted by atomic mass is 35.5. The summed E-state index contributed by atoms with van der Waals surface area (Å²) in [6, 6.07) is 3.43. The molecule has 4 nitrogen and oxygen atoms in total. The number of benzene rings is 1. The van der Waals surface area contributed by atoms with Crippen LogP contribution in [0.5, 0.6) is 5.75 Å². The van der Waals surface area contributed by atoms with E-state index in [4.69, 9.17) is 11.6 Å². The zero-order valence-corrected chi connectivity index (χ0v) is 11.9. The lowest BCUT2D eigenvalue weighted by atomic mass is 10.1. The topological polar surface area (TPSA) is 43.8 Å². The van der Waals surface area contributed by atoms with Gasteiger partial charge in [0.1, 0.15) is 11.6 Å². The summed E-state index contributed by atoms with van der Waals surface area (Å²) in [6.07, 6.45) is 0.846. The number of aromatic hydroxyl groups is 1. The van der Waals surface area contributed by atoms with E-state index in [1.54, 1.807) is 4.90 Å². The fraction of sp³-hybridized carbons (Fsp3) is 0.500. The summed E-state index contributed by atoms with van der Waals surface area (Å²) in [5, 5.41) is 9.70. The molecule has 1 fully saturated rings. The highest BCUT2D eigenvalue weighted by Crippen LogP contribution is 2.20. The van der Waals surface area contributed by atoms with Crippen LogP contribution in [-0.2, 0) is 0 Å². The number of amides is 1. The number of hydrogen-bond donors (Lipinski definition) is 1. The van der Waals surface area contributed by atoms with E-state index in [2.05, 4.69) is 4.90 Å². The van der Waals surface area contributed by atoms with E-state index in [0.717, 1.165) is 38.2 Å². The first-order chi connectivity index (χ1) is 9.61. The number of alkyl halides is 1. The molecule has 1 heterocycles. The molecule has 0 atom stereocenters. The average molecular weight is 301 g/mol. The summed E-state index contributed by atoms with van der Waals surface area (Å²) in [5.74, 6) is -0.462. The van der Waals surface area contributed by atoms with Gasteiger partial charge in [0.15, 0.2) is 0 Å². The molecule has 1 N–H and O–H groups in total. The summed E-state index contributed by atoms with van der Waals surface area (Å²) in [6.45, 7) is 3.61. The highest BCUT2D eigenvalue weighted by Gasteiger charge is 2.22. The summed E-state index contributed by atoms with van der Waals surface area (Å²) in [7, 11) is 0. The second-order valence-electron chi connectivity index (χ2n) is 4.84. The van der Waals surface area contributed by atoms with E-state index >= 15 is 0 Å². The predicted molar refractivity (Wildman–Crippen MR) is 75.7 cm³/mol. The molecule has 0 spiro atoms. The molecule has 20 heavy (non-hydrogen) atoms. The van der Waals surface area contributed by atoms with E-state index in [9.17, 15) is 14.3 Å². The molecule has 2 rings (SSSR count). The highest BCUT2D eigenvalue weighted by molar-refractivity contribution is 6.18. The molecule has 0 bridgehead atoms. The number of phenolic OH excluding ortho intramolecular Hbond substituents is 1. The third-order valence-electron chi connectivity index (χ3n) is 3.47. The lowest BCUT2D eigenvalue weighted by molar-refractivity contribution is 0.0758. The zero-order valence-electron chi connectivity index (χ0n) is 11.2. The van der Waals surface area contributed by atoms with E-state index in [0.29, 0.717) is 19.0 Å². The van der Waals surface area contributed by atoms with Crippen LogP contribution in [0.15, 0.2) is 18.2 Å². The van der Waals surface area contributed by atoms with Crippen LogP contribution >= 0.6 is 11.6 Å². The van der Waals surface area contributed by atoms with Crippen LogP contribution in [0.4, 0.5) is 4.39 Å². The van der Waals surface area contributed by atoms with E-state index < -0.39 is 5.82 Å². The molecule has 6 heteroatoms. The first kappa shape index (κ1) is 15.1. The largest absolute Gasteiger partial charge is 0.507 e. The molecular formula is C14H18ClFN2O2. The van der Waals surface area contributed by atoms with Crippen molar-refractivity contribution in [3.63, 3.8) is 0 Å². The Morgan fingerprint density at radius 3 is 2.85 bits per heavy atom. The molecule has 1 amide bonds. The Morgan fingerprint density at radius 1 is 1.30 bits per heavy atom. The molecule has 1 saturated heterocycles. The number of phenols is 1. The molecular weight excluding hydrogens is 283 g/mol. The Hall–Kier alpha value is -1.33. The van der Waals surface area contributed by atoms with Crippen molar-refractivity contribution in [2.75, 3.05) is 38.6 Å². The van der Waals surface area contributed by atoms with Crippen LogP contribution in [0, 0.1) is 5.82 Å². The second-order valence-corrected chi connectivity index (χ2v) is 5.22. The molecule has 0 aromatic heterocycles. The van der Waals surface area contributed by atoms with Crippen LogP contribution < -0.4 is 0 Å². The van der Waals surface area contributed by atoms with Gasteiger partial charge in [0.05, 0.1) is 5.56 Å². The smallest absolute Gasteiger partial charge is 0.257 e. The van der Waals surface area contributed by atoms with Crippen molar-refractivity contribution in [2.24, 2.45) is 0 Å². The van der Waals surface area contributed by atoms with Crippen molar-refractivity contribution in [2.45, 2.75) is 6.42 Å². The van der Waals surface area contributed by atoms with Gasteiger partial charge >= 0.3 is 0 Å². The minimum Gasteiger partial charge on any atom is -0.507 e. The van der Waals surface area contributed by atoms with E-state index in [1.807, 2.05) is 0 Å². The third kappa shape index (κ3) is 3.61. The fourth-order valence-corrected chi connectivity index (χ4v) is 2.61. The maximum absolute atomic E-state index is 13.2. The number of hydrogen-bond acceptors (Lipinski definition) is 3. The molecule has 1 aliphatic rings. The van der Waals surface area contributed by atoms with E-state index in [-0.39, 0.29) is 17.2 Å². The quantitative estimate of drug-likeness (QED) is 0.867. The summed E-state index contributed by atoms with van der Waals surface area (Å²) < 4.78 is 13.2. The van der Waals surface area contributed by atoms with Crippen molar-refractivity contribution in [3.8, 4) is 5.75 Å². The molecule has 0 unspecified atom stereocenters. The predicted octanol–water partition coefficient (Wildman–Crippen LogP) is 1.92. The maximum atomic E-state index is 13.2. The van der Waals surface area contributed by atoms with Crippen molar-refractivity contribution < 1.29 is 14.3 Å². The van der Waals surface area contributed by atoms with Crippen molar-refractivity contribution >= 4 is 17.5 Å². The standard InChI is InChI=1S/C14H18ClFN2O2/c15-4-7-17-5-1-6-18(9-8-17)14(20)12-10-11(16)2-3-13(12)19/h2-3,10,19H,1,4-9H2. The second kappa shape index (κ2) is 6.90. The van der Waals surface area contributed by atoms with Crippen LogP contribution in [0.2, 0.25) is 0 Å². The van der Waals surface area contributed by atoms with Gasteiger partial charge in [-0.2, -0.15) is 0 Å². The molecule has 1 aliphatic heterocycles. The van der Waals surface area contributed by atoms with Crippen LogP contribution in [0.1, 0.15) is 16.8 Å². The first-order valence-corrected chi connectivity index (χ1v) is 7.21. The van der Waals surface area contributed by atoms with E-state index in [1.165, 1.54) is 6.07 Å². The van der Waals surface area contributed by atoms with Gasteiger partial charge in [0.2, 0.25) is 0 Å². The third-order valence-corrected chi connectivity index (χ3v) is 3.63. The number of carbonyl (C=O) groups is 1. The number of carbonyl (C=O) groups excluding carboxylic acids is 1. The van der Waals surface area contributed by atoms with Crippen LogP contribution in [-0.4, -0.2) is 59.4 Å². The monoisotopic (exact) mass is 300 g/mol. The molecule has 0 aliphatic carbocycles. The van der Waals surface area contributed by atoms with Gasteiger partial charge in [-0.05, 0) is 31.2 Å². The van der Waals surface area contributed by atoms with Gasteiger partial charge < -0.3 is 14.9 Å². The van der Waals surface area contributed by atoms with Crippen molar-refractivity contribution in [3.05, 3.63) is 29.6 Å².